The van der Waals surface area contributed by atoms with Gasteiger partial charge in [0.25, 0.3) is 0 Å². The summed E-state index contributed by atoms with van der Waals surface area (Å²) in [6.45, 7) is 2.72. The molecule has 0 spiro atoms. The lowest BCUT2D eigenvalue weighted by atomic mass is 10.0. The highest BCUT2D eigenvalue weighted by atomic mass is 16.2. The van der Waals surface area contributed by atoms with E-state index in [0.717, 1.165) is 12.8 Å². The molecule has 0 saturated heterocycles. The molecule has 0 aromatic carbocycles. The first kappa shape index (κ1) is 12.5. The third kappa shape index (κ3) is 3.82. The van der Waals surface area contributed by atoms with Crippen LogP contribution in [-0.2, 0) is 4.79 Å². The van der Waals surface area contributed by atoms with Gasteiger partial charge in [0, 0.05) is 19.5 Å². The Morgan fingerprint density at radius 1 is 1.47 bits per heavy atom. The zero-order chi connectivity index (χ0) is 11.3. The maximum Gasteiger partial charge on any atom is 0.222 e. The molecule has 15 heavy (non-hydrogen) atoms. The van der Waals surface area contributed by atoms with Crippen molar-refractivity contribution in [2.45, 2.75) is 51.5 Å². The van der Waals surface area contributed by atoms with Crippen molar-refractivity contribution in [3.63, 3.8) is 0 Å². The van der Waals surface area contributed by atoms with Crippen LogP contribution < -0.4 is 5.73 Å². The highest BCUT2D eigenvalue weighted by Crippen LogP contribution is 2.28. The van der Waals surface area contributed by atoms with Gasteiger partial charge in [-0.15, -0.1) is 0 Å². The summed E-state index contributed by atoms with van der Waals surface area (Å²) in [5, 5.41) is 0. The second-order valence-electron chi connectivity index (χ2n) is 4.79. The maximum absolute atomic E-state index is 11.9. The minimum atomic E-state index is 0.281. The summed E-state index contributed by atoms with van der Waals surface area (Å²) in [5.74, 6) is 0.938. The summed E-state index contributed by atoms with van der Waals surface area (Å²) in [7, 11) is 1.90. The molecule has 0 aliphatic heterocycles. The number of hydrogen-bond donors (Lipinski definition) is 1. The van der Waals surface area contributed by atoms with E-state index in [1.807, 2.05) is 11.9 Å². The molecule has 1 saturated carbocycles. The smallest absolute Gasteiger partial charge is 0.222 e. The molecule has 1 aliphatic carbocycles. The molecule has 1 unspecified atom stereocenters. The van der Waals surface area contributed by atoms with Gasteiger partial charge in [-0.25, -0.2) is 0 Å². The maximum atomic E-state index is 11.9. The second kappa shape index (κ2) is 6.11. The Morgan fingerprint density at radius 3 is 2.60 bits per heavy atom. The largest absolute Gasteiger partial charge is 0.343 e. The quantitative estimate of drug-likeness (QED) is 0.755. The van der Waals surface area contributed by atoms with Gasteiger partial charge in [-0.1, -0.05) is 12.8 Å². The van der Waals surface area contributed by atoms with Gasteiger partial charge in [-0.05, 0) is 38.6 Å². The summed E-state index contributed by atoms with van der Waals surface area (Å²) in [6.07, 6.45) is 6.73. The van der Waals surface area contributed by atoms with Crippen molar-refractivity contribution in [3.05, 3.63) is 0 Å². The first-order chi connectivity index (χ1) is 7.15. The fraction of sp³-hybridized carbons (Fsp3) is 0.917. The van der Waals surface area contributed by atoms with Gasteiger partial charge >= 0.3 is 0 Å². The summed E-state index contributed by atoms with van der Waals surface area (Å²) in [4.78, 5) is 13.8. The van der Waals surface area contributed by atoms with Crippen LogP contribution in [0.15, 0.2) is 0 Å². The van der Waals surface area contributed by atoms with Gasteiger partial charge in [-0.2, -0.15) is 0 Å². The van der Waals surface area contributed by atoms with E-state index in [4.69, 9.17) is 5.73 Å². The van der Waals surface area contributed by atoms with E-state index in [1.54, 1.807) is 0 Å². The van der Waals surface area contributed by atoms with Gasteiger partial charge in [0.05, 0.1) is 0 Å². The van der Waals surface area contributed by atoms with Gasteiger partial charge in [0.15, 0.2) is 0 Å². The van der Waals surface area contributed by atoms with E-state index >= 15 is 0 Å². The van der Waals surface area contributed by atoms with Crippen LogP contribution in [0.1, 0.15) is 45.4 Å². The van der Waals surface area contributed by atoms with Crippen molar-refractivity contribution >= 4 is 5.91 Å². The molecule has 0 bridgehead atoms. The molecule has 1 aliphatic rings. The molecule has 0 aromatic rings. The molecule has 2 N–H and O–H groups in total. The van der Waals surface area contributed by atoms with E-state index in [0.29, 0.717) is 18.4 Å². The standard InChI is InChI=1S/C12H24N2O/c1-10(7-8-13)14(2)12(15)9-11-5-3-4-6-11/h10-11H,3-9,13H2,1-2H3. The van der Waals surface area contributed by atoms with Crippen LogP contribution in [0.5, 0.6) is 0 Å². The average Bonchev–Trinajstić information content (AvgIpc) is 2.69. The molecule has 1 rings (SSSR count). The molecule has 0 radical (unpaired) electrons. The van der Waals surface area contributed by atoms with Crippen LogP contribution in [-0.4, -0.2) is 30.4 Å². The van der Waals surface area contributed by atoms with E-state index in [1.165, 1.54) is 25.7 Å². The van der Waals surface area contributed by atoms with E-state index in [9.17, 15) is 4.79 Å². The van der Waals surface area contributed by atoms with Crippen LogP contribution in [0.25, 0.3) is 0 Å². The third-order valence-corrected chi connectivity index (χ3v) is 3.58. The van der Waals surface area contributed by atoms with Crippen molar-refractivity contribution in [1.82, 2.24) is 4.90 Å². The van der Waals surface area contributed by atoms with E-state index < -0.39 is 0 Å². The first-order valence-corrected chi connectivity index (χ1v) is 6.11. The summed E-state index contributed by atoms with van der Waals surface area (Å²) in [6, 6.07) is 0.281. The summed E-state index contributed by atoms with van der Waals surface area (Å²) < 4.78 is 0. The zero-order valence-electron chi connectivity index (χ0n) is 10.0. The minimum Gasteiger partial charge on any atom is -0.343 e. The number of nitrogens with zero attached hydrogens (tertiary/aromatic N) is 1. The topological polar surface area (TPSA) is 46.3 Å². The molecule has 3 heteroatoms. The van der Waals surface area contributed by atoms with Crippen molar-refractivity contribution in [1.29, 1.82) is 0 Å². The molecular weight excluding hydrogens is 188 g/mol. The predicted molar refractivity (Wildman–Crippen MR) is 62.5 cm³/mol. The molecule has 88 valence electrons. The third-order valence-electron chi connectivity index (χ3n) is 3.58. The van der Waals surface area contributed by atoms with Gasteiger partial charge < -0.3 is 10.6 Å². The molecule has 0 aromatic heterocycles. The number of carbonyl (C=O) groups excluding carboxylic acids is 1. The van der Waals surface area contributed by atoms with Crippen molar-refractivity contribution in [3.8, 4) is 0 Å². The number of amides is 1. The Labute approximate surface area is 93.0 Å². The molecule has 1 atom stereocenters. The number of hydrogen-bond acceptors (Lipinski definition) is 2. The van der Waals surface area contributed by atoms with Crippen LogP contribution in [0.2, 0.25) is 0 Å². The van der Waals surface area contributed by atoms with E-state index in [2.05, 4.69) is 6.92 Å². The molecule has 1 fully saturated rings. The first-order valence-electron chi connectivity index (χ1n) is 6.11. The monoisotopic (exact) mass is 212 g/mol. The summed E-state index contributed by atoms with van der Waals surface area (Å²) >= 11 is 0. The number of rotatable bonds is 5. The van der Waals surface area contributed by atoms with Gasteiger partial charge in [0.1, 0.15) is 0 Å². The molecular formula is C12H24N2O. The number of carbonyl (C=O) groups is 1. The Balaban J connectivity index is 2.31. The lowest BCUT2D eigenvalue weighted by Crippen LogP contribution is -2.37. The molecule has 3 nitrogen and oxygen atoms in total. The number of nitrogens with two attached hydrogens (primary N) is 1. The summed E-state index contributed by atoms with van der Waals surface area (Å²) in [5.41, 5.74) is 5.49. The highest BCUT2D eigenvalue weighted by Gasteiger charge is 2.22. The fourth-order valence-corrected chi connectivity index (χ4v) is 2.29. The van der Waals surface area contributed by atoms with Crippen molar-refractivity contribution in [2.75, 3.05) is 13.6 Å². The minimum absolute atomic E-state index is 0.281. The van der Waals surface area contributed by atoms with Crippen molar-refractivity contribution in [2.24, 2.45) is 11.7 Å². The SMILES string of the molecule is CC(CCN)N(C)C(=O)CC1CCCC1. The average molecular weight is 212 g/mol. The Bertz CT molecular complexity index is 200. The predicted octanol–water partition coefficient (Wildman–Crippen LogP) is 1.76. The molecule has 0 heterocycles. The van der Waals surface area contributed by atoms with Crippen LogP contribution in [0.4, 0.5) is 0 Å². The van der Waals surface area contributed by atoms with Crippen LogP contribution in [0.3, 0.4) is 0 Å². The van der Waals surface area contributed by atoms with Crippen molar-refractivity contribution < 1.29 is 4.79 Å². The van der Waals surface area contributed by atoms with E-state index in [-0.39, 0.29) is 6.04 Å². The van der Waals surface area contributed by atoms with Crippen LogP contribution in [0, 0.1) is 5.92 Å². The Kier molecular flexibility index (Phi) is 5.09. The van der Waals surface area contributed by atoms with Gasteiger partial charge in [-0.3, -0.25) is 4.79 Å². The zero-order valence-corrected chi connectivity index (χ0v) is 10.0. The Morgan fingerprint density at radius 2 is 2.07 bits per heavy atom. The molecule has 1 amide bonds. The normalized spacial score (nSPS) is 19.1. The highest BCUT2D eigenvalue weighted by molar-refractivity contribution is 5.76. The lowest BCUT2D eigenvalue weighted by Gasteiger charge is -2.25. The fourth-order valence-electron chi connectivity index (χ4n) is 2.29. The second-order valence-corrected chi connectivity index (χ2v) is 4.79. The Hall–Kier alpha value is -0.570. The van der Waals surface area contributed by atoms with Gasteiger partial charge in [0.2, 0.25) is 5.91 Å². The van der Waals surface area contributed by atoms with Crippen LogP contribution >= 0.6 is 0 Å². The lowest BCUT2D eigenvalue weighted by molar-refractivity contribution is -0.132.